The minimum Gasteiger partial charge on any atom is -0.453 e. The molecule has 0 unspecified atom stereocenters. The van der Waals surface area contributed by atoms with Crippen LogP contribution in [-0.4, -0.2) is 37.5 Å². The minimum atomic E-state index is -0.214. The zero-order valence-electron chi connectivity index (χ0n) is 13.7. The van der Waals surface area contributed by atoms with E-state index in [2.05, 4.69) is 15.3 Å². The van der Waals surface area contributed by atoms with Crippen LogP contribution in [0.1, 0.15) is 11.3 Å². The number of nitrogens with zero attached hydrogens (tertiary/aromatic N) is 3. The van der Waals surface area contributed by atoms with Crippen LogP contribution >= 0.6 is 0 Å². The number of pyridine rings is 1. The Labute approximate surface area is 152 Å². The van der Waals surface area contributed by atoms with E-state index in [1.165, 1.54) is 6.07 Å². The summed E-state index contributed by atoms with van der Waals surface area (Å²) in [5.74, 6) is 0.359. The maximum atomic E-state index is 8.87. The zero-order chi connectivity index (χ0) is 19.2. The molecule has 0 fully saturated rings. The topological polar surface area (TPSA) is 156 Å². The van der Waals surface area contributed by atoms with Gasteiger partial charge < -0.3 is 14.8 Å². The molecule has 0 atom stereocenters. The first-order chi connectivity index (χ1) is 13.2. The monoisotopic (exact) mass is 369 g/mol. The van der Waals surface area contributed by atoms with Gasteiger partial charge in [0.25, 0.3) is 0 Å². The third kappa shape index (κ3) is 3.71. The molecule has 6 N–H and O–H groups in total. The highest BCUT2D eigenvalue weighted by atomic mass is 16.5. The summed E-state index contributed by atoms with van der Waals surface area (Å²) in [5, 5.41) is 41.1. The molecule has 3 aromatic rings. The molecule has 0 saturated heterocycles. The van der Waals surface area contributed by atoms with Gasteiger partial charge in [-0.2, -0.15) is 0 Å². The van der Waals surface area contributed by atoms with E-state index in [9.17, 15) is 0 Å². The van der Waals surface area contributed by atoms with Gasteiger partial charge in [0.1, 0.15) is 5.76 Å². The summed E-state index contributed by atoms with van der Waals surface area (Å²) < 4.78 is 5.51. The van der Waals surface area contributed by atoms with Gasteiger partial charge in [-0.05, 0) is 24.3 Å². The van der Waals surface area contributed by atoms with Crippen molar-refractivity contribution in [1.82, 2.24) is 15.9 Å². The average Bonchev–Trinajstić information content (AvgIpc) is 3.20. The Morgan fingerprint density at radius 3 is 2.04 bits per heavy atom. The standard InChI is InChI=1S/C17H15N5O5/c23-19-16(20-24)11-3-1-10(2-4-11)13-6-5-12(9-18-13)14-7-8-15(27-14)17(21-25)22-26/h1-9,23-26H,(H,19,20)(H,21,22). The zero-order valence-corrected chi connectivity index (χ0v) is 13.7. The van der Waals surface area contributed by atoms with Gasteiger partial charge in [0, 0.05) is 22.9 Å². The van der Waals surface area contributed by atoms with Gasteiger partial charge in [0.15, 0.2) is 11.6 Å². The number of nitrogens with one attached hydrogen (secondary N) is 2. The van der Waals surface area contributed by atoms with Crippen molar-refractivity contribution in [1.29, 1.82) is 0 Å². The largest absolute Gasteiger partial charge is 0.453 e. The number of rotatable bonds is 4. The van der Waals surface area contributed by atoms with E-state index in [0.29, 0.717) is 22.6 Å². The second-order valence-corrected chi connectivity index (χ2v) is 5.29. The normalized spacial score (nSPS) is 12.1. The van der Waals surface area contributed by atoms with Gasteiger partial charge in [-0.25, -0.2) is 11.0 Å². The Morgan fingerprint density at radius 2 is 1.48 bits per heavy atom. The molecule has 3 rings (SSSR count). The molecule has 0 aliphatic rings. The Morgan fingerprint density at radius 1 is 0.815 bits per heavy atom. The SMILES string of the molecule is O/N=C(\NO)c1ccc(-c2ccc(-c3ccc(/C(=N\O)NO)cc3)nc2)o1. The molecule has 2 heterocycles. The summed E-state index contributed by atoms with van der Waals surface area (Å²) in [6.07, 6.45) is 1.61. The first kappa shape index (κ1) is 17.9. The van der Waals surface area contributed by atoms with Crippen LogP contribution in [0, 0.1) is 0 Å². The second kappa shape index (κ2) is 7.99. The molecule has 0 radical (unpaired) electrons. The van der Waals surface area contributed by atoms with Crippen molar-refractivity contribution >= 4 is 11.7 Å². The Kier molecular flexibility index (Phi) is 5.30. The molecule has 10 heteroatoms. The number of oxime groups is 2. The summed E-state index contributed by atoms with van der Waals surface area (Å²) in [5.41, 5.74) is 6.24. The maximum Gasteiger partial charge on any atom is 0.231 e. The lowest BCUT2D eigenvalue weighted by Crippen LogP contribution is -2.19. The second-order valence-electron chi connectivity index (χ2n) is 5.29. The summed E-state index contributed by atoms with van der Waals surface area (Å²) in [4.78, 5) is 4.39. The van der Waals surface area contributed by atoms with E-state index >= 15 is 0 Å². The van der Waals surface area contributed by atoms with E-state index in [4.69, 9.17) is 25.2 Å². The maximum absolute atomic E-state index is 8.87. The fourth-order valence-electron chi connectivity index (χ4n) is 2.40. The summed E-state index contributed by atoms with van der Waals surface area (Å²) >= 11 is 0. The van der Waals surface area contributed by atoms with E-state index < -0.39 is 0 Å². The van der Waals surface area contributed by atoms with Gasteiger partial charge in [0.2, 0.25) is 5.84 Å². The number of hydrogen-bond donors (Lipinski definition) is 6. The molecule has 0 aliphatic heterocycles. The molecule has 2 aromatic heterocycles. The number of hydrogen-bond acceptors (Lipinski definition) is 8. The molecule has 0 amide bonds. The molecule has 138 valence electrons. The number of benzene rings is 1. The number of furan rings is 1. The van der Waals surface area contributed by atoms with Crippen LogP contribution in [0.5, 0.6) is 0 Å². The molecule has 10 nitrogen and oxygen atoms in total. The predicted molar refractivity (Wildman–Crippen MR) is 93.9 cm³/mol. The van der Waals surface area contributed by atoms with E-state index in [0.717, 1.165) is 5.56 Å². The van der Waals surface area contributed by atoms with Gasteiger partial charge in [-0.3, -0.25) is 15.4 Å². The quantitative estimate of drug-likeness (QED) is 0.177. The molecule has 0 saturated carbocycles. The van der Waals surface area contributed by atoms with Crippen LogP contribution in [0.15, 0.2) is 69.5 Å². The molecule has 0 spiro atoms. The van der Waals surface area contributed by atoms with Crippen molar-refractivity contribution in [3.63, 3.8) is 0 Å². The van der Waals surface area contributed by atoms with Crippen molar-refractivity contribution in [3.8, 4) is 22.6 Å². The van der Waals surface area contributed by atoms with Crippen LogP contribution in [0.3, 0.4) is 0 Å². The lowest BCUT2D eigenvalue weighted by molar-refractivity contribution is 0.221. The molecular weight excluding hydrogens is 354 g/mol. The lowest BCUT2D eigenvalue weighted by Gasteiger charge is -2.05. The van der Waals surface area contributed by atoms with Crippen LogP contribution < -0.4 is 11.0 Å². The Bertz CT molecular complexity index is 964. The molecule has 1 aromatic carbocycles. The summed E-state index contributed by atoms with van der Waals surface area (Å²) in [7, 11) is 0. The van der Waals surface area contributed by atoms with E-state index in [1.54, 1.807) is 59.6 Å². The molecule has 27 heavy (non-hydrogen) atoms. The van der Waals surface area contributed by atoms with Crippen molar-refractivity contribution < 1.29 is 25.2 Å². The van der Waals surface area contributed by atoms with Crippen LogP contribution in [-0.2, 0) is 0 Å². The highest BCUT2D eigenvalue weighted by Crippen LogP contribution is 2.24. The van der Waals surface area contributed by atoms with Gasteiger partial charge in [0.05, 0.1) is 5.69 Å². The first-order valence-corrected chi connectivity index (χ1v) is 7.62. The fourth-order valence-corrected chi connectivity index (χ4v) is 2.40. The Hall–Kier alpha value is -3.89. The number of aromatic nitrogens is 1. The third-order valence-corrected chi connectivity index (χ3v) is 3.75. The van der Waals surface area contributed by atoms with Gasteiger partial charge in [-0.15, -0.1) is 0 Å². The number of hydroxylamine groups is 2. The van der Waals surface area contributed by atoms with Crippen molar-refractivity contribution in [2.45, 2.75) is 0 Å². The van der Waals surface area contributed by atoms with Crippen LogP contribution in [0.25, 0.3) is 22.6 Å². The van der Waals surface area contributed by atoms with E-state index in [-0.39, 0.29) is 17.4 Å². The van der Waals surface area contributed by atoms with E-state index in [1.807, 2.05) is 0 Å². The summed E-state index contributed by atoms with van der Waals surface area (Å²) in [6.45, 7) is 0. The van der Waals surface area contributed by atoms with Gasteiger partial charge >= 0.3 is 0 Å². The lowest BCUT2D eigenvalue weighted by atomic mass is 10.1. The van der Waals surface area contributed by atoms with Crippen LogP contribution in [0.4, 0.5) is 0 Å². The fraction of sp³-hybridized carbons (Fsp3) is 0. The first-order valence-electron chi connectivity index (χ1n) is 7.62. The third-order valence-electron chi connectivity index (χ3n) is 3.75. The highest BCUT2D eigenvalue weighted by molar-refractivity contribution is 5.98. The number of amidine groups is 2. The summed E-state index contributed by atoms with van der Waals surface area (Å²) in [6, 6.07) is 13.7. The smallest absolute Gasteiger partial charge is 0.231 e. The molecule has 0 bridgehead atoms. The minimum absolute atomic E-state index is 0.0679. The van der Waals surface area contributed by atoms with Crippen molar-refractivity contribution in [2.24, 2.45) is 10.3 Å². The predicted octanol–water partition coefficient (Wildman–Crippen LogP) is 2.24. The molecule has 0 aliphatic carbocycles. The average molecular weight is 369 g/mol. The van der Waals surface area contributed by atoms with Gasteiger partial charge in [-0.1, -0.05) is 34.6 Å². The molecular formula is C17H15N5O5. The van der Waals surface area contributed by atoms with Crippen molar-refractivity contribution in [3.05, 3.63) is 66.1 Å². The Balaban J connectivity index is 1.81. The van der Waals surface area contributed by atoms with Crippen molar-refractivity contribution in [2.75, 3.05) is 0 Å². The van der Waals surface area contributed by atoms with Crippen LogP contribution in [0.2, 0.25) is 0 Å². The highest BCUT2D eigenvalue weighted by Gasteiger charge is 2.11.